The van der Waals surface area contributed by atoms with Crippen LogP contribution in [0.2, 0.25) is 0 Å². The highest BCUT2D eigenvalue weighted by molar-refractivity contribution is 8.45. The molecule has 3 N–H and O–H groups in total. The molecule has 0 unspecified atom stereocenters. The summed E-state index contributed by atoms with van der Waals surface area (Å²) in [5.41, 5.74) is 6.09. The maximum Gasteiger partial charge on any atom is 0.310 e. The Morgan fingerprint density at radius 2 is 1.36 bits per heavy atom. The molecule has 0 aliphatic carbocycles. The van der Waals surface area contributed by atoms with Gasteiger partial charge in [0.2, 0.25) is 0 Å². The molecule has 0 aliphatic heterocycles. The summed E-state index contributed by atoms with van der Waals surface area (Å²) in [7, 11) is -9.70. The minimum Gasteiger partial charge on any atom is -0.399 e. The Hall–Kier alpha value is -2.29. The van der Waals surface area contributed by atoms with E-state index in [9.17, 15) is 24.2 Å². The van der Waals surface area contributed by atoms with Crippen molar-refractivity contribution in [3.63, 3.8) is 0 Å². The van der Waals surface area contributed by atoms with Crippen LogP contribution in [-0.2, 0) is 0 Å². The number of hydrogen-bond donors (Lipinski definition) is 2. The van der Waals surface area contributed by atoms with Gasteiger partial charge in [0.15, 0.2) is 0 Å². The number of hydrogen-bond acceptors (Lipinski definition) is 2. The fourth-order valence-electron chi connectivity index (χ4n) is 1.63. The van der Waals surface area contributed by atoms with Gasteiger partial charge in [0.05, 0.1) is 0 Å². The summed E-state index contributed by atoms with van der Waals surface area (Å²) in [4.78, 5) is 9.81. The molecule has 2 aromatic carbocycles. The van der Waals surface area contributed by atoms with Crippen LogP contribution in [0.4, 0.5) is 30.8 Å². The standard InChI is InChI=1S/C13H11F5N2OS/c14-22(15,16,17,18)12-7-5-11(6-8-12)20-13(21)9-1-3-10(19)4-2-9/h1-8H,19H2,(H,20,21). The molecule has 0 spiro atoms. The molecule has 9 heteroatoms. The molecule has 0 aliphatic rings. The fourth-order valence-corrected chi connectivity index (χ4v) is 2.28. The van der Waals surface area contributed by atoms with Crippen LogP contribution in [0.5, 0.6) is 0 Å². The van der Waals surface area contributed by atoms with Crippen LogP contribution in [0.1, 0.15) is 10.4 Å². The second-order valence-corrected chi connectivity index (χ2v) is 6.98. The second-order valence-electron chi connectivity index (χ2n) is 4.57. The van der Waals surface area contributed by atoms with Gasteiger partial charge >= 0.3 is 10.2 Å². The lowest BCUT2D eigenvalue weighted by Crippen LogP contribution is -2.12. The first-order chi connectivity index (χ1) is 9.85. The fraction of sp³-hybridized carbons (Fsp3) is 0. The van der Waals surface area contributed by atoms with Crippen LogP contribution in [0.15, 0.2) is 53.4 Å². The predicted molar refractivity (Wildman–Crippen MR) is 76.6 cm³/mol. The molecule has 120 valence electrons. The average Bonchev–Trinajstić information content (AvgIpc) is 2.37. The molecule has 3 nitrogen and oxygen atoms in total. The highest BCUT2D eigenvalue weighted by atomic mass is 32.5. The summed E-state index contributed by atoms with van der Waals surface area (Å²) in [6, 6.07) is 7.81. The summed E-state index contributed by atoms with van der Waals surface area (Å²) >= 11 is 0. The van der Waals surface area contributed by atoms with Crippen molar-refractivity contribution in [3.05, 3.63) is 54.1 Å². The van der Waals surface area contributed by atoms with Gasteiger partial charge in [-0.05, 0) is 48.5 Å². The van der Waals surface area contributed by atoms with Crippen LogP contribution in [0.3, 0.4) is 0 Å². The number of anilines is 2. The number of carbonyl (C=O) groups excluding carboxylic acids is 1. The van der Waals surface area contributed by atoms with E-state index in [-0.39, 0.29) is 23.4 Å². The van der Waals surface area contributed by atoms with Gasteiger partial charge in [-0.25, -0.2) is 0 Å². The molecule has 0 radical (unpaired) electrons. The third-order valence-corrected chi connectivity index (χ3v) is 3.89. The topological polar surface area (TPSA) is 55.1 Å². The number of amides is 1. The molecule has 0 aromatic heterocycles. The first kappa shape index (κ1) is 16.1. The van der Waals surface area contributed by atoms with E-state index in [2.05, 4.69) is 5.32 Å². The Morgan fingerprint density at radius 1 is 0.864 bits per heavy atom. The van der Waals surface area contributed by atoms with Crippen molar-refractivity contribution in [2.75, 3.05) is 11.1 Å². The Morgan fingerprint density at radius 3 is 1.82 bits per heavy atom. The Kier molecular flexibility index (Phi) is 3.18. The number of benzene rings is 2. The molecular weight excluding hydrogens is 327 g/mol. The molecule has 1 amide bonds. The maximum absolute atomic E-state index is 12.5. The largest absolute Gasteiger partial charge is 0.399 e. The van der Waals surface area contributed by atoms with E-state index in [1.54, 1.807) is 0 Å². The van der Waals surface area contributed by atoms with Gasteiger partial charge < -0.3 is 11.1 Å². The lowest BCUT2D eigenvalue weighted by molar-refractivity contribution is 0.102. The van der Waals surface area contributed by atoms with Gasteiger partial charge in [-0.1, -0.05) is 19.4 Å². The number of nitrogens with one attached hydrogen (secondary N) is 1. The van der Waals surface area contributed by atoms with Crippen molar-refractivity contribution in [1.82, 2.24) is 0 Å². The zero-order chi connectivity index (χ0) is 16.7. The van der Waals surface area contributed by atoms with Crippen LogP contribution >= 0.6 is 10.2 Å². The highest BCUT2D eigenvalue weighted by Crippen LogP contribution is 3.02. The molecule has 0 fully saturated rings. The molecule has 22 heavy (non-hydrogen) atoms. The van der Waals surface area contributed by atoms with Gasteiger partial charge in [0, 0.05) is 16.9 Å². The zero-order valence-corrected chi connectivity index (χ0v) is 11.7. The van der Waals surface area contributed by atoms with Crippen LogP contribution < -0.4 is 11.1 Å². The van der Waals surface area contributed by atoms with Crippen LogP contribution in [0.25, 0.3) is 0 Å². The van der Waals surface area contributed by atoms with Gasteiger partial charge in [0.1, 0.15) is 4.90 Å². The molecule has 0 saturated carbocycles. The third-order valence-electron chi connectivity index (χ3n) is 2.73. The molecular formula is C13H11F5N2OS. The summed E-state index contributed by atoms with van der Waals surface area (Å²) in [5, 5.41) is 2.30. The van der Waals surface area contributed by atoms with Crippen molar-refractivity contribution in [2.45, 2.75) is 4.90 Å². The quantitative estimate of drug-likeness (QED) is 0.598. The van der Waals surface area contributed by atoms with Crippen LogP contribution in [-0.4, -0.2) is 5.91 Å². The predicted octanol–water partition coefficient (Wildman–Crippen LogP) is 5.18. The molecule has 2 aromatic rings. The minimum atomic E-state index is -9.70. The number of nitrogen functional groups attached to an aromatic ring is 1. The Balaban J connectivity index is 2.19. The number of carbonyl (C=O) groups is 1. The van der Waals surface area contributed by atoms with E-state index in [0.717, 1.165) is 12.1 Å². The van der Waals surface area contributed by atoms with E-state index in [1.807, 2.05) is 0 Å². The highest BCUT2D eigenvalue weighted by Gasteiger charge is 2.65. The van der Waals surface area contributed by atoms with E-state index < -0.39 is 21.0 Å². The molecule has 2 rings (SSSR count). The van der Waals surface area contributed by atoms with E-state index >= 15 is 0 Å². The van der Waals surface area contributed by atoms with Crippen molar-refractivity contribution in [1.29, 1.82) is 0 Å². The van der Waals surface area contributed by atoms with Crippen LogP contribution in [0, 0.1) is 0 Å². The number of halogens is 5. The SMILES string of the molecule is Nc1ccc(C(=O)Nc2ccc(S(F)(F)(F)(F)F)cc2)cc1. The van der Waals surface area contributed by atoms with E-state index in [0.29, 0.717) is 5.69 Å². The van der Waals surface area contributed by atoms with Gasteiger partial charge in [-0.2, -0.15) is 0 Å². The monoisotopic (exact) mass is 338 g/mol. The molecule has 0 atom stereocenters. The Labute approximate surface area is 122 Å². The molecule has 0 saturated heterocycles. The minimum absolute atomic E-state index is 0.0348. The van der Waals surface area contributed by atoms with Crippen molar-refractivity contribution in [3.8, 4) is 0 Å². The van der Waals surface area contributed by atoms with E-state index in [4.69, 9.17) is 5.73 Å². The summed E-state index contributed by atoms with van der Waals surface area (Å²) in [6.07, 6.45) is 0. The van der Waals surface area contributed by atoms with Gasteiger partial charge in [0.25, 0.3) is 5.91 Å². The summed E-state index contributed by atoms with van der Waals surface area (Å²) < 4.78 is 62.7. The number of rotatable bonds is 3. The van der Waals surface area contributed by atoms with E-state index in [1.165, 1.54) is 24.3 Å². The molecule has 0 bridgehead atoms. The normalized spacial score (nSPS) is 14.8. The number of nitrogens with two attached hydrogens (primary N) is 1. The third kappa shape index (κ3) is 3.88. The van der Waals surface area contributed by atoms with Crippen molar-refractivity contribution >= 4 is 27.5 Å². The maximum atomic E-state index is 12.5. The molecule has 0 heterocycles. The summed E-state index contributed by atoms with van der Waals surface area (Å²) in [5.74, 6) is -0.597. The second kappa shape index (κ2) is 4.35. The lowest BCUT2D eigenvalue weighted by Gasteiger charge is -2.40. The van der Waals surface area contributed by atoms with Crippen molar-refractivity contribution in [2.24, 2.45) is 0 Å². The average molecular weight is 338 g/mol. The van der Waals surface area contributed by atoms with Gasteiger partial charge in [-0.3, -0.25) is 4.79 Å². The lowest BCUT2D eigenvalue weighted by atomic mass is 10.2. The zero-order valence-electron chi connectivity index (χ0n) is 10.9. The van der Waals surface area contributed by atoms with Gasteiger partial charge in [-0.15, -0.1) is 0 Å². The smallest absolute Gasteiger partial charge is 0.310 e. The first-order valence-corrected chi connectivity index (χ1v) is 7.81. The van der Waals surface area contributed by atoms with Crippen molar-refractivity contribution < 1.29 is 24.2 Å². The Bertz CT molecular complexity index is 711. The summed E-state index contributed by atoms with van der Waals surface area (Å²) in [6.45, 7) is 0. The first-order valence-electron chi connectivity index (χ1n) is 5.86.